The van der Waals surface area contributed by atoms with Crippen molar-refractivity contribution >= 4 is 5.78 Å². The van der Waals surface area contributed by atoms with Crippen LogP contribution in [0.2, 0.25) is 0 Å². The monoisotopic (exact) mass is 215 g/mol. The molecule has 0 aromatic rings. The molecule has 1 rings (SSSR count). The van der Waals surface area contributed by atoms with Gasteiger partial charge in [-0.05, 0) is 12.8 Å². The molecule has 15 heavy (non-hydrogen) atoms. The van der Waals surface area contributed by atoms with Crippen molar-refractivity contribution in [3.63, 3.8) is 0 Å². The zero-order chi connectivity index (χ0) is 11.1. The van der Waals surface area contributed by atoms with Gasteiger partial charge < -0.3 is 15.6 Å². The normalized spacial score (nSPS) is 20.1. The van der Waals surface area contributed by atoms with E-state index in [1.807, 2.05) is 0 Å². The highest BCUT2D eigenvalue weighted by Gasteiger charge is 2.19. The fourth-order valence-electron chi connectivity index (χ4n) is 1.91. The van der Waals surface area contributed by atoms with Crippen molar-refractivity contribution in [2.24, 2.45) is 11.7 Å². The summed E-state index contributed by atoms with van der Waals surface area (Å²) in [5, 5.41) is 8.71. The standard InChI is InChI=1S/C11H21NO3/c12-6-9(11(14)7-13)8-15-10-4-2-1-3-5-10/h9-10,13H,1-8,12H2/t9-/m0/s1. The number of carbonyl (C=O) groups is 1. The van der Waals surface area contributed by atoms with Gasteiger partial charge in [-0.2, -0.15) is 0 Å². The van der Waals surface area contributed by atoms with E-state index in [0.717, 1.165) is 12.8 Å². The zero-order valence-corrected chi connectivity index (χ0v) is 9.15. The summed E-state index contributed by atoms with van der Waals surface area (Å²) < 4.78 is 5.65. The summed E-state index contributed by atoms with van der Waals surface area (Å²) >= 11 is 0. The number of hydrogen-bond donors (Lipinski definition) is 2. The maximum atomic E-state index is 11.2. The Labute approximate surface area is 90.8 Å². The summed E-state index contributed by atoms with van der Waals surface area (Å²) in [7, 11) is 0. The van der Waals surface area contributed by atoms with E-state index in [4.69, 9.17) is 15.6 Å². The molecule has 0 heterocycles. The number of nitrogens with two attached hydrogens (primary N) is 1. The molecule has 4 heteroatoms. The van der Waals surface area contributed by atoms with Crippen molar-refractivity contribution in [2.45, 2.75) is 38.2 Å². The molecular formula is C11H21NO3. The molecule has 1 saturated carbocycles. The summed E-state index contributed by atoms with van der Waals surface area (Å²) in [4.78, 5) is 11.2. The molecule has 0 aromatic heterocycles. The third kappa shape index (κ3) is 4.28. The summed E-state index contributed by atoms with van der Waals surface area (Å²) in [6.45, 7) is 0.183. The third-order valence-electron chi connectivity index (χ3n) is 2.98. The number of ether oxygens (including phenoxy) is 1. The van der Waals surface area contributed by atoms with E-state index in [2.05, 4.69) is 0 Å². The van der Waals surface area contributed by atoms with Crippen LogP contribution in [0.4, 0.5) is 0 Å². The summed E-state index contributed by atoms with van der Waals surface area (Å²) in [5.74, 6) is -0.551. The zero-order valence-electron chi connectivity index (χ0n) is 9.15. The molecule has 0 saturated heterocycles. The summed E-state index contributed by atoms with van der Waals surface area (Å²) in [5.41, 5.74) is 5.45. The first-order valence-corrected chi connectivity index (χ1v) is 5.73. The van der Waals surface area contributed by atoms with Crippen LogP contribution in [-0.2, 0) is 9.53 Å². The van der Waals surface area contributed by atoms with Gasteiger partial charge in [-0.25, -0.2) is 0 Å². The highest BCUT2D eigenvalue weighted by Crippen LogP contribution is 2.20. The number of aliphatic hydroxyl groups excluding tert-OH is 1. The Kier molecular flexibility index (Phi) is 5.83. The quantitative estimate of drug-likeness (QED) is 0.675. The predicted molar refractivity (Wildman–Crippen MR) is 57.5 cm³/mol. The molecule has 0 radical (unpaired) electrons. The lowest BCUT2D eigenvalue weighted by Crippen LogP contribution is -2.32. The van der Waals surface area contributed by atoms with Gasteiger partial charge in [-0.3, -0.25) is 4.79 Å². The van der Waals surface area contributed by atoms with Gasteiger partial charge in [0.05, 0.1) is 18.6 Å². The number of ketones is 1. The Bertz CT molecular complexity index is 190. The van der Waals surface area contributed by atoms with Gasteiger partial charge in [0.1, 0.15) is 6.61 Å². The second-order valence-corrected chi connectivity index (χ2v) is 4.15. The average Bonchev–Trinajstić information content (AvgIpc) is 2.31. The molecule has 1 fully saturated rings. The Morgan fingerprint density at radius 2 is 2.07 bits per heavy atom. The summed E-state index contributed by atoms with van der Waals surface area (Å²) in [6.07, 6.45) is 6.18. The highest BCUT2D eigenvalue weighted by atomic mass is 16.5. The van der Waals surface area contributed by atoms with E-state index < -0.39 is 6.61 Å². The van der Waals surface area contributed by atoms with Gasteiger partial charge >= 0.3 is 0 Å². The minimum absolute atomic E-state index is 0.215. The SMILES string of the molecule is NC[C@@H](COC1CCCCC1)C(=O)CO. The van der Waals surface area contributed by atoms with Crippen LogP contribution >= 0.6 is 0 Å². The lowest BCUT2D eigenvalue weighted by molar-refractivity contribution is -0.128. The van der Waals surface area contributed by atoms with E-state index in [1.165, 1.54) is 19.3 Å². The molecule has 4 nitrogen and oxygen atoms in total. The smallest absolute Gasteiger partial charge is 0.164 e. The maximum Gasteiger partial charge on any atom is 0.164 e. The Morgan fingerprint density at radius 1 is 1.40 bits per heavy atom. The topological polar surface area (TPSA) is 72.5 Å². The molecule has 0 unspecified atom stereocenters. The van der Waals surface area contributed by atoms with Crippen molar-refractivity contribution in [3.8, 4) is 0 Å². The minimum Gasteiger partial charge on any atom is -0.389 e. The van der Waals surface area contributed by atoms with Crippen molar-refractivity contribution < 1.29 is 14.6 Å². The first-order chi connectivity index (χ1) is 7.27. The largest absolute Gasteiger partial charge is 0.389 e. The first-order valence-electron chi connectivity index (χ1n) is 5.73. The Morgan fingerprint density at radius 3 is 2.60 bits per heavy atom. The molecular weight excluding hydrogens is 194 g/mol. The van der Waals surface area contributed by atoms with E-state index in [9.17, 15) is 4.79 Å². The van der Waals surface area contributed by atoms with Crippen molar-refractivity contribution in [3.05, 3.63) is 0 Å². The molecule has 1 aliphatic rings. The van der Waals surface area contributed by atoms with Gasteiger partial charge in [0, 0.05) is 6.54 Å². The number of hydrogen-bond acceptors (Lipinski definition) is 4. The second-order valence-electron chi connectivity index (χ2n) is 4.15. The highest BCUT2D eigenvalue weighted by molar-refractivity contribution is 5.82. The van der Waals surface area contributed by atoms with Crippen LogP contribution in [0.15, 0.2) is 0 Å². The van der Waals surface area contributed by atoms with Crippen molar-refractivity contribution in [1.82, 2.24) is 0 Å². The van der Waals surface area contributed by atoms with Crippen LogP contribution in [0.5, 0.6) is 0 Å². The maximum absolute atomic E-state index is 11.2. The van der Waals surface area contributed by atoms with Crippen LogP contribution in [0.1, 0.15) is 32.1 Å². The molecule has 0 aromatic carbocycles. The first kappa shape index (κ1) is 12.6. The predicted octanol–water partition coefficient (Wildman–Crippen LogP) is 0.472. The minimum atomic E-state index is -0.435. The number of aliphatic hydroxyl groups is 1. The van der Waals surface area contributed by atoms with Gasteiger partial charge in [0.2, 0.25) is 0 Å². The van der Waals surface area contributed by atoms with E-state index in [0.29, 0.717) is 12.7 Å². The van der Waals surface area contributed by atoms with Crippen molar-refractivity contribution in [2.75, 3.05) is 19.8 Å². The number of rotatable bonds is 6. The van der Waals surface area contributed by atoms with E-state index in [1.54, 1.807) is 0 Å². The van der Waals surface area contributed by atoms with Gasteiger partial charge in [-0.1, -0.05) is 19.3 Å². The van der Waals surface area contributed by atoms with E-state index in [-0.39, 0.29) is 18.2 Å². The molecule has 0 amide bonds. The van der Waals surface area contributed by atoms with Gasteiger partial charge in [-0.15, -0.1) is 0 Å². The molecule has 1 atom stereocenters. The molecule has 0 spiro atoms. The summed E-state index contributed by atoms with van der Waals surface area (Å²) in [6, 6.07) is 0. The molecule has 3 N–H and O–H groups in total. The van der Waals surface area contributed by atoms with E-state index >= 15 is 0 Å². The average molecular weight is 215 g/mol. The molecule has 88 valence electrons. The lowest BCUT2D eigenvalue weighted by Gasteiger charge is -2.24. The van der Waals surface area contributed by atoms with Crippen LogP contribution in [-0.4, -0.2) is 36.8 Å². The van der Waals surface area contributed by atoms with Crippen LogP contribution in [0, 0.1) is 5.92 Å². The van der Waals surface area contributed by atoms with Crippen LogP contribution in [0.3, 0.4) is 0 Å². The van der Waals surface area contributed by atoms with Crippen molar-refractivity contribution in [1.29, 1.82) is 0 Å². The Balaban J connectivity index is 2.23. The molecule has 1 aliphatic carbocycles. The fourth-order valence-corrected chi connectivity index (χ4v) is 1.91. The molecule has 0 aliphatic heterocycles. The second kappa shape index (κ2) is 6.93. The van der Waals surface area contributed by atoms with Gasteiger partial charge in [0.25, 0.3) is 0 Å². The third-order valence-corrected chi connectivity index (χ3v) is 2.98. The van der Waals surface area contributed by atoms with Crippen LogP contribution in [0.25, 0.3) is 0 Å². The Hall–Kier alpha value is -0.450. The molecule has 0 bridgehead atoms. The number of Topliss-reactive ketones (excluding diaryl/α,β-unsaturated/α-hetero) is 1. The lowest BCUT2D eigenvalue weighted by atomic mass is 9.97. The number of carbonyl (C=O) groups excluding carboxylic acids is 1. The van der Waals surface area contributed by atoms with Crippen LogP contribution < -0.4 is 5.73 Å². The van der Waals surface area contributed by atoms with Gasteiger partial charge in [0.15, 0.2) is 5.78 Å². The fraction of sp³-hybridized carbons (Fsp3) is 0.909.